The highest BCUT2D eigenvalue weighted by Crippen LogP contribution is 2.20. The van der Waals surface area contributed by atoms with Gasteiger partial charge in [-0.25, -0.2) is 0 Å². The minimum atomic E-state index is 0. The fourth-order valence-corrected chi connectivity index (χ4v) is 2.45. The van der Waals surface area contributed by atoms with Gasteiger partial charge in [-0.2, -0.15) is 0 Å². The lowest BCUT2D eigenvalue weighted by Gasteiger charge is -2.26. The molecular weight excluding hydrogens is 244 g/mol. The third-order valence-corrected chi connectivity index (χ3v) is 3.96. The monoisotopic (exact) mass is 260 g/mol. The van der Waals surface area contributed by atoms with Crippen LogP contribution in [0.3, 0.4) is 0 Å². The molecule has 0 aliphatic carbocycles. The van der Waals surface area contributed by atoms with E-state index in [1.54, 1.807) is 11.3 Å². The van der Waals surface area contributed by atoms with Gasteiger partial charge in [0, 0.05) is 30.4 Å². The van der Waals surface area contributed by atoms with Crippen LogP contribution in [-0.4, -0.2) is 25.5 Å². The maximum atomic E-state index is 11.7. The van der Waals surface area contributed by atoms with Gasteiger partial charge in [0.15, 0.2) is 0 Å². The third kappa shape index (κ3) is 2.97. The number of hydrogen-bond donors (Lipinski definition) is 2. The summed E-state index contributed by atoms with van der Waals surface area (Å²) in [5.41, 5.74) is 1.20. The second kappa shape index (κ2) is 5.66. The molecule has 2 N–H and O–H groups in total. The Kier molecular flexibility index (Phi) is 4.77. The summed E-state index contributed by atoms with van der Waals surface area (Å²) < 4.78 is 0. The van der Waals surface area contributed by atoms with Crippen molar-refractivity contribution >= 4 is 29.7 Å². The number of carbonyl (C=O) groups is 1. The summed E-state index contributed by atoms with van der Waals surface area (Å²) in [4.78, 5) is 13.8. The molecule has 1 aromatic heterocycles. The molecule has 3 nitrogen and oxygen atoms in total. The molecule has 0 unspecified atom stereocenters. The number of amides is 1. The topological polar surface area (TPSA) is 41.1 Å². The molecule has 0 spiro atoms. The predicted octanol–water partition coefficient (Wildman–Crippen LogP) is 1.74. The maximum Gasteiger partial charge on any atom is 0.261 e. The minimum absolute atomic E-state index is 0. The molecular formula is C11H17ClN2OS. The Morgan fingerprint density at radius 1 is 1.56 bits per heavy atom. The number of hydrogen-bond acceptors (Lipinski definition) is 3. The summed E-state index contributed by atoms with van der Waals surface area (Å²) in [5.74, 6) is 0.694. The Morgan fingerprint density at radius 2 is 2.25 bits per heavy atom. The van der Waals surface area contributed by atoms with E-state index in [2.05, 4.69) is 10.6 Å². The highest BCUT2D eigenvalue weighted by atomic mass is 35.5. The zero-order valence-corrected chi connectivity index (χ0v) is 11.1. The number of halogens is 1. The highest BCUT2D eigenvalue weighted by molar-refractivity contribution is 7.14. The fourth-order valence-electron chi connectivity index (χ4n) is 1.50. The van der Waals surface area contributed by atoms with E-state index in [-0.39, 0.29) is 18.3 Å². The van der Waals surface area contributed by atoms with Gasteiger partial charge < -0.3 is 10.6 Å². The second-order valence-corrected chi connectivity index (χ2v) is 5.34. The average Bonchev–Trinajstić information content (AvgIpc) is 2.44. The molecule has 1 amide bonds. The molecule has 0 radical (unpaired) electrons. The predicted molar refractivity (Wildman–Crippen MR) is 69.7 cm³/mol. The zero-order valence-electron chi connectivity index (χ0n) is 9.50. The van der Waals surface area contributed by atoms with Crippen LogP contribution < -0.4 is 10.6 Å². The van der Waals surface area contributed by atoms with Crippen LogP contribution in [0.15, 0.2) is 6.07 Å². The van der Waals surface area contributed by atoms with E-state index in [4.69, 9.17) is 0 Å². The van der Waals surface area contributed by atoms with Crippen molar-refractivity contribution in [1.82, 2.24) is 10.6 Å². The Balaban J connectivity index is 0.00000128. The molecule has 1 fully saturated rings. The first-order valence-electron chi connectivity index (χ1n) is 5.23. The Labute approximate surface area is 106 Å². The van der Waals surface area contributed by atoms with Gasteiger partial charge >= 0.3 is 0 Å². The quantitative estimate of drug-likeness (QED) is 0.869. The fraction of sp³-hybridized carbons (Fsp3) is 0.545. The van der Waals surface area contributed by atoms with E-state index in [0.717, 1.165) is 24.5 Å². The molecule has 0 atom stereocenters. The normalized spacial score (nSPS) is 15.1. The van der Waals surface area contributed by atoms with Crippen molar-refractivity contribution in [2.45, 2.75) is 13.8 Å². The van der Waals surface area contributed by atoms with Gasteiger partial charge in [0.05, 0.1) is 4.88 Å². The Hall–Kier alpha value is -0.580. The molecule has 2 heterocycles. The molecule has 1 aliphatic rings. The molecule has 0 aromatic carbocycles. The molecule has 0 bridgehead atoms. The van der Waals surface area contributed by atoms with Crippen molar-refractivity contribution in [2.75, 3.05) is 19.6 Å². The third-order valence-electron chi connectivity index (χ3n) is 2.81. The first kappa shape index (κ1) is 13.5. The first-order valence-corrected chi connectivity index (χ1v) is 6.04. The van der Waals surface area contributed by atoms with Crippen LogP contribution >= 0.6 is 23.7 Å². The van der Waals surface area contributed by atoms with Gasteiger partial charge in [0.1, 0.15) is 0 Å². The molecule has 90 valence electrons. The second-order valence-electron chi connectivity index (χ2n) is 4.08. The summed E-state index contributed by atoms with van der Waals surface area (Å²) >= 11 is 1.57. The van der Waals surface area contributed by atoms with Crippen LogP contribution in [0.4, 0.5) is 0 Å². The van der Waals surface area contributed by atoms with Gasteiger partial charge in [0.2, 0.25) is 0 Å². The van der Waals surface area contributed by atoms with Crippen LogP contribution in [0.5, 0.6) is 0 Å². The van der Waals surface area contributed by atoms with Crippen molar-refractivity contribution in [3.05, 3.63) is 21.4 Å². The van der Waals surface area contributed by atoms with Crippen molar-refractivity contribution < 1.29 is 4.79 Å². The van der Waals surface area contributed by atoms with Crippen molar-refractivity contribution in [3.8, 4) is 0 Å². The van der Waals surface area contributed by atoms with E-state index in [1.807, 2.05) is 19.9 Å². The molecule has 1 aliphatic heterocycles. The van der Waals surface area contributed by atoms with Gasteiger partial charge in [-0.1, -0.05) is 0 Å². The number of nitrogens with one attached hydrogen (secondary N) is 2. The van der Waals surface area contributed by atoms with Crippen LogP contribution in [0.1, 0.15) is 20.1 Å². The molecule has 5 heteroatoms. The lowest BCUT2D eigenvalue weighted by atomic mass is 10.0. The van der Waals surface area contributed by atoms with Gasteiger partial charge in [-0.3, -0.25) is 4.79 Å². The Morgan fingerprint density at radius 3 is 2.69 bits per heavy atom. The van der Waals surface area contributed by atoms with Crippen molar-refractivity contribution in [1.29, 1.82) is 0 Å². The van der Waals surface area contributed by atoms with Crippen molar-refractivity contribution in [2.24, 2.45) is 5.92 Å². The average molecular weight is 261 g/mol. The number of carbonyl (C=O) groups excluding carboxylic acids is 1. The van der Waals surface area contributed by atoms with Gasteiger partial charge in [-0.05, 0) is 25.5 Å². The van der Waals surface area contributed by atoms with Crippen molar-refractivity contribution in [3.63, 3.8) is 0 Å². The standard InChI is InChI=1S/C11H16N2OS.ClH/c1-7-3-10(15-8(7)2)11(14)13-6-9-4-12-5-9;/h3,9,12H,4-6H2,1-2H3,(H,13,14);1H. The molecule has 2 rings (SSSR count). The van der Waals surface area contributed by atoms with Crippen LogP contribution in [0.2, 0.25) is 0 Å². The highest BCUT2D eigenvalue weighted by Gasteiger charge is 2.18. The van der Waals surface area contributed by atoms with Crippen LogP contribution in [0.25, 0.3) is 0 Å². The first-order chi connectivity index (χ1) is 7.16. The van der Waals surface area contributed by atoms with Crippen LogP contribution in [-0.2, 0) is 0 Å². The summed E-state index contributed by atoms with van der Waals surface area (Å²) in [6, 6.07) is 1.97. The maximum absolute atomic E-state index is 11.7. The van der Waals surface area contributed by atoms with Gasteiger partial charge in [-0.15, -0.1) is 23.7 Å². The van der Waals surface area contributed by atoms with Crippen LogP contribution in [0, 0.1) is 19.8 Å². The van der Waals surface area contributed by atoms with Gasteiger partial charge in [0.25, 0.3) is 5.91 Å². The number of thiophene rings is 1. The number of aryl methyl sites for hydroxylation is 2. The summed E-state index contributed by atoms with van der Waals surface area (Å²) in [6.07, 6.45) is 0. The summed E-state index contributed by atoms with van der Waals surface area (Å²) in [6.45, 7) is 6.94. The Bertz CT molecular complexity index is 355. The molecule has 1 aromatic rings. The largest absolute Gasteiger partial charge is 0.351 e. The molecule has 0 saturated carbocycles. The van der Waals surface area contributed by atoms with E-state index >= 15 is 0 Å². The summed E-state index contributed by atoms with van der Waals surface area (Å²) in [5, 5.41) is 6.16. The molecule has 1 saturated heterocycles. The van der Waals surface area contributed by atoms with E-state index in [0.29, 0.717) is 5.92 Å². The molecule has 16 heavy (non-hydrogen) atoms. The smallest absolute Gasteiger partial charge is 0.261 e. The summed E-state index contributed by atoms with van der Waals surface area (Å²) in [7, 11) is 0. The SMILES string of the molecule is Cc1cc(C(=O)NCC2CNC2)sc1C.Cl. The number of rotatable bonds is 3. The van der Waals surface area contributed by atoms with E-state index in [9.17, 15) is 4.79 Å². The van der Waals surface area contributed by atoms with E-state index in [1.165, 1.54) is 10.4 Å². The lowest BCUT2D eigenvalue weighted by Crippen LogP contribution is -2.48. The van der Waals surface area contributed by atoms with E-state index < -0.39 is 0 Å². The lowest BCUT2D eigenvalue weighted by molar-refractivity contribution is 0.0946. The zero-order chi connectivity index (χ0) is 10.8. The minimum Gasteiger partial charge on any atom is -0.351 e.